The van der Waals surface area contributed by atoms with Crippen molar-refractivity contribution in [2.45, 2.75) is 51.6 Å². The Morgan fingerprint density at radius 2 is 1.44 bits per heavy atom. The molecule has 0 fully saturated rings. The molecule has 0 radical (unpaired) electrons. The van der Waals surface area contributed by atoms with Gasteiger partial charge in [-0.2, -0.15) is 11.1 Å². The van der Waals surface area contributed by atoms with E-state index in [0.29, 0.717) is 11.1 Å². The van der Waals surface area contributed by atoms with E-state index in [2.05, 4.69) is 58.0 Å². The average Bonchev–Trinajstić information content (AvgIpc) is 2.36. The molecule has 0 aromatic heterocycles. The molecule has 0 nitrogen and oxygen atoms in total. The van der Waals surface area contributed by atoms with E-state index < -0.39 is 7.38 Å². The Labute approximate surface area is 106 Å². The van der Waals surface area contributed by atoms with Gasteiger partial charge in [-0.15, -0.1) is 0 Å². The van der Waals surface area contributed by atoms with Gasteiger partial charge in [0.25, 0.3) is 0 Å². The summed E-state index contributed by atoms with van der Waals surface area (Å²) in [6, 6.07) is 10.7. The molecule has 2 unspecified atom stereocenters. The van der Waals surface area contributed by atoms with E-state index in [-0.39, 0.29) is 0 Å². The first-order valence-electron chi connectivity index (χ1n) is 6.31. The predicted octanol–water partition coefficient (Wildman–Crippen LogP) is 4.68. The number of benzene rings is 1. The highest BCUT2D eigenvalue weighted by Crippen LogP contribution is 2.39. The summed E-state index contributed by atoms with van der Waals surface area (Å²) in [5.74, 6) is 0. The van der Waals surface area contributed by atoms with Crippen molar-refractivity contribution >= 4 is 23.6 Å². The molecule has 0 saturated carbocycles. The Morgan fingerprint density at radius 1 is 1.00 bits per heavy atom. The molecule has 90 valence electrons. The molecule has 0 bridgehead atoms. The first-order valence-corrected chi connectivity index (χ1v) is 9.48. The maximum atomic E-state index is 7.10. The largest absolute Gasteiger partial charge is 0.192 e. The SMILES string of the molecule is CCC(C)[Si](Cl)(c1ccccc1)C(C)CC. The molecule has 0 aliphatic rings. The van der Waals surface area contributed by atoms with Crippen LogP contribution in [0.4, 0.5) is 0 Å². The van der Waals surface area contributed by atoms with Gasteiger partial charge in [0.2, 0.25) is 0 Å². The molecular weight excluding hydrogens is 232 g/mol. The first-order chi connectivity index (χ1) is 7.57. The van der Waals surface area contributed by atoms with Crippen LogP contribution in [-0.2, 0) is 0 Å². The highest BCUT2D eigenvalue weighted by molar-refractivity contribution is 7.28. The number of rotatable bonds is 5. The van der Waals surface area contributed by atoms with Crippen molar-refractivity contribution in [1.29, 1.82) is 0 Å². The van der Waals surface area contributed by atoms with E-state index in [0.717, 1.165) is 0 Å². The molecular formula is C14H23ClSi. The molecule has 0 aliphatic heterocycles. The van der Waals surface area contributed by atoms with Crippen molar-refractivity contribution in [2.75, 3.05) is 0 Å². The lowest BCUT2D eigenvalue weighted by atomic mass is 10.3. The zero-order valence-electron chi connectivity index (χ0n) is 10.8. The van der Waals surface area contributed by atoms with Crippen LogP contribution >= 0.6 is 11.1 Å². The van der Waals surface area contributed by atoms with Crippen LogP contribution in [0.5, 0.6) is 0 Å². The second-order valence-corrected chi connectivity index (χ2v) is 10.7. The third-order valence-electron chi connectivity index (χ3n) is 3.88. The van der Waals surface area contributed by atoms with Crippen LogP contribution in [0.3, 0.4) is 0 Å². The van der Waals surface area contributed by atoms with Crippen molar-refractivity contribution < 1.29 is 0 Å². The van der Waals surface area contributed by atoms with E-state index in [1.165, 1.54) is 18.0 Å². The van der Waals surface area contributed by atoms with Crippen LogP contribution in [0, 0.1) is 0 Å². The highest BCUT2D eigenvalue weighted by Gasteiger charge is 2.42. The van der Waals surface area contributed by atoms with E-state index in [4.69, 9.17) is 11.1 Å². The Balaban J connectivity index is 3.14. The molecule has 0 aliphatic carbocycles. The third-order valence-corrected chi connectivity index (χ3v) is 11.7. The fourth-order valence-electron chi connectivity index (χ4n) is 2.34. The number of halogens is 1. The van der Waals surface area contributed by atoms with Crippen molar-refractivity contribution in [3.8, 4) is 0 Å². The second kappa shape index (κ2) is 5.88. The zero-order chi connectivity index (χ0) is 12.2. The smallest absolute Gasteiger partial charge is 0.160 e. The molecule has 16 heavy (non-hydrogen) atoms. The molecule has 1 aromatic carbocycles. The van der Waals surface area contributed by atoms with Gasteiger partial charge in [-0.3, -0.25) is 0 Å². The van der Waals surface area contributed by atoms with Gasteiger partial charge in [0.05, 0.1) is 0 Å². The Morgan fingerprint density at radius 3 is 1.81 bits per heavy atom. The monoisotopic (exact) mass is 254 g/mol. The minimum Gasteiger partial charge on any atom is -0.160 e. The molecule has 2 heteroatoms. The van der Waals surface area contributed by atoms with Gasteiger partial charge >= 0.3 is 0 Å². The average molecular weight is 255 g/mol. The summed E-state index contributed by atoms with van der Waals surface area (Å²) in [7, 11) is -1.86. The molecule has 1 rings (SSSR count). The second-order valence-electron chi connectivity index (χ2n) is 4.75. The summed E-state index contributed by atoms with van der Waals surface area (Å²) in [5.41, 5.74) is 1.26. The van der Waals surface area contributed by atoms with Gasteiger partial charge in [-0.05, 0) is 16.3 Å². The normalized spacial score (nSPS) is 18.8. The minimum atomic E-state index is -1.86. The molecule has 2 atom stereocenters. The summed E-state index contributed by atoms with van der Waals surface area (Å²) < 4.78 is 0. The molecule has 0 spiro atoms. The van der Waals surface area contributed by atoms with Crippen LogP contribution in [0.2, 0.25) is 11.1 Å². The van der Waals surface area contributed by atoms with Crippen LogP contribution in [0.25, 0.3) is 0 Å². The van der Waals surface area contributed by atoms with Crippen molar-refractivity contribution in [3.63, 3.8) is 0 Å². The van der Waals surface area contributed by atoms with Crippen LogP contribution < -0.4 is 5.19 Å². The third kappa shape index (κ3) is 2.52. The van der Waals surface area contributed by atoms with E-state index in [1.54, 1.807) is 0 Å². The maximum absolute atomic E-state index is 7.10. The summed E-state index contributed by atoms with van der Waals surface area (Å²) in [4.78, 5) is 0. The standard InChI is InChI=1S/C14H23ClSi/c1-5-12(3)16(15,13(4)6-2)14-10-8-7-9-11-14/h7-13H,5-6H2,1-4H3. The predicted molar refractivity (Wildman–Crippen MR) is 77.1 cm³/mol. The summed E-state index contributed by atoms with van der Waals surface area (Å²) in [5, 5.41) is 1.40. The van der Waals surface area contributed by atoms with E-state index >= 15 is 0 Å². The zero-order valence-corrected chi connectivity index (χ0v) is 12.6. The van der Waals surface area contributed by atoms with Crippen LogP contribution in [0.15, 0.2) is 30.3 Å². The van der Waals surface area contributed by atoms with Gasteiger partial charge < -0.3 is 0 Å². The molecule has 1 aromatic rings. The van der Waals surface area contributed by atoms with Crippen molar-refractivity contribution in [2.24, 2.45) is 0 Å². The van der Waals surface area contributed by atoms with Gasteiger partial charge in [0, 0.05) is 0 Å². The van der Waals surface area contributed by atoms with Gasteiger partial charge in [0.15, 0.2) is 7.38 Å². The van der Waals surface area contributed by atoms with Gasteiger partial charge in [-0.25, -0.2) is 0 Å². The Bertz CT molecular complexity index is 300. The van der Waals surface area contributed by atoms with Crippen LogP contribution in [0.1, 0.15) is 40.5 Å². The van der Waals surface area contributed by atoms with E-state index in [9.17, 15) is 0 Å². The van der Waals surface area contributed by atoms with Crippen LogP contribution in [-0.4, -0.2) is 7.38 Å². The summed E-state index contributed by atoms with van der Waals surface area (Å²) in [6.07, 6.45) is 2.35. The van der Waals surface area contributed by atoms with E-state index in [1.807, 2.05) is 0 Å². The molecule has 0 heterocycles. The molecule has 0 N–H and O–H groups in total. The minimum absolute atomic E-state index is 0.631. The lowest BCUT2D eigenvalue weighted by molar-refractivity contribution is 0.782. The van der Waals surface area contributed by atoms with Gasteiger partial charge in [0.1, 0.15) is 0 Å². The fourth-order valence-corrected chi connectivity index (χ4v) is 7.65. The number of hydrogen-bond acceptors (Lipinski definition) is 0. The van der Waals surface area contributed by atoms with Crippen molar-refractivity contribution in [1.82, 2.24) is 0 Å². The Kier molecular flexibility index (Phi) is 5.07. The highest BCUT2D eigenvalue weighted by atomic mass is 35.6. The summed E-state index contributed by atoms with van der Waals surface area (Å²) in [6.45, 7) is 9.14. The lowest BCUT2D eigenvalue weighted by Crippen LogP contribution is -2.49. The topological polar surface area (TPSA) is 0 Å². The lowest BCUT2D eigenvalue weighted by Gasteiger charge is -2.36. The molecule has 0 saturated heterocycles. The summed E-state index contributed by atoms with van der Waals surface area (Å²) >= 11 is 7.10. The van der Waals surface area contributed by atoms with Crippen molar-refractivity contribution in [3.05, 3.63) is 30.3 Å². The maximum Gasteiger partial charge on any atom is 0.192 e. The first kappa shape index (κ1) is 13.8. The Hall–Kier alpha value is -0.273. The molecule has 0 amide bonds. The quantitative estimate of drug-likeness (QED) is 0.529. The fraction of sp³-hybridized carbons (Fsp3) is 0.571. The number of hydrogen-bond donors (Lipinski definition) is 0. The van der Waals surface area contributed by atoms with Gasteiger partial charge in [-0.1, -0.05) is 70.9 Å².